The lowest BCUT2D eigenvalue weighted by molar-refractivity contribution is 0.0146. The Bertz CT molecular complexity index is 403. The average Bonchev–Trinajstić information content (AvgIpc) is 3.23. The minimum Gasteiger partial charge on any atom is -0.372 e. The van der Waals surface area contributed by atoms with Gasteiger partial charge in [0, 0.05) is 25.7 Å². The van der Waals surface area contributed by atoms with Crippen LogP contribution in [0.15, 0.2) is 24.3 Å². The molecule has 1 aromatic carbocycles. The van der Waals surface area contributed by atoms with Crippen LogP contribution < -0.4 is 5.73 Å². The van der Waals surface area contributed by atoms with Gasteiger partial charge in [0.25, 0.3) is 0 Å². The largest absolute Gasteiger partial charge is 0.372 e. The highest BCUT2D eigenvalue weighted by atomic mass is 16.5. The van der Waals surface area contributed by atoms with Crippen molar-refractivity contribution in [2.24, 2.45) is 5.73 Å². The highest BCUT2D eigenvalue weighted by Gasteiger charge is 2.31. The fraction of sp³-hybridized carbons (Fsp3) is 0.600. The van der Waals surface area contributed by atoms with Crippen LogP contribution >= 0.6 is 0 Å². The molecule has 2 aliphatic rings. The van der Waals surface area contributed by atoms with Crippen molar-refractivity contribution in [2.75, 3.05) is 26.2 Å². The van der Waals surface area contributed by atoms with E-state index in [1.807, 2.05) is 0 Å². The summed E-state index contributed by atoms with van der Waals surface area (Å²) in [4.78, 5) is 2.51. The maximum atomic E-state index is 5.98. The number of hydrogen-bond donors (Lipinski definition) is 1. The van der Waals surface area contributed by atoms with Crippen LogP contribution in [0.4, 0.5) is 0 Å². The lowest BCUT2D eigenvalue weighted by atomic mass is 9.97. The van der Waals surface area contributed by atoms with E-state index in [4.69, 9.17) is 10.5 Å². The molecule has 3 heteroatoms. The van der Waals surface area contributed by atoms with E-state index in [-0.39, 0.29) is 6.10 Å². The van der Waals surface area contributed by atoms with Gasteiger partial charge in [-0.25, -0.2) is 0 Å². The second kappa shape index (κ2) is 5.39. The number of benzene rings is 1. The van der Waals surface area contributed by atoms with Crippen LogP contribution in [0.25, 0.3) is 0 Å². The van der Waals surface area contributed by atoms with E-state index >= 15 is 0 Å². The van der Waals surface area contributed by atoms with Gasteiger partial charge in [-0.2, -0.15) is 0 Å². The summed E-state index contributed by atoms with van der Waals surface area (Å²) >= 11 is 0. The van der Waals surface area contributed by atoms with Crippen molar-refractivity contribution in [1.82, 2.24) is 4.90 Å². The summed E-state index contributed by atoms with van der Waals surface area (Å²) in [5.74, 6) is 0. The third-order valence-corrected chi connectivity index (χ3v) is 3.97. The van der Waals surface area contributed by atoms with E-state index in [0.717, 1.165) is 38.7 Å². The molecule has 1 aromatic rings. The first kappa shape index (κ1) is 12.2. The summed E-state index contributed by atoms with van der Waals surface area (Å²) in [6.45, 7) is 3.58. The Morgan fingerprint density at radius 2 is 2.11 bits per heavy atom. The maximum Gasteiger partial charge on any atom is 0.0954 e. The topological polar surface area (TPSA) is 38.5 Å². The van der Waals surface area contributed by atoms with Gasteiger partial charge in [0.2, 0.25) is 0 Å². The van der Waals surface area contributed by atoms with Gasteiger partial charge >= 0.3 is 0 Å². The van der Waals surface area contributed by atoms with E-state index in [1.165, 1.54) is 24.0 Å². The molecule has 1 aliphatic carbocycles. The van der Waals surface area contributed by atoms with Gasteiger partial charge in [0.1, 0.15) is 0 Å². The van der Waals surface area contributed by atoms with Crippen molar-refractivity contribution < 1.29 is 4.74 Å². The zero-order valence-corrected chi connectivity index (χ0v) is 10.8. The number of fused-ring (bicyclic) bond motifs is 1. The second-order valence-corrected chi connectivity index (χ2v) is 5.32. The summed E-state index contributed by atoms with van der Waals surface area (Å²) in [5, 5.41) is 0. The highest BCUT2D eigenvalue weighted by molar-refractivity contribution is 5.31. The summed E-state index contributed by atoms with van der Waals surface area (Å²) in [5.41, 5.74) is 8.55. The molecule has 2 N–H and O–H groups in total. The molecule has 3 rings (SSSR count). The number of ether oxygens (including phenoxy) is 1. The predicted octanol–water partition coefficient (Wildman–Crippen LogP) is 1.72. The van der Waals surface area contributed by atoms with Gasteiger partial charge < -0.3 is 10.5 Å². The zero-order chi connectivity index (χ0) is 12.4. The minimum absolute atomic E-state index is 0.238. The Balaban J connectivity index is 1.72. The van der Waals surface area contributed by atoms with Crippen molar-refractivity contribution in [2.45, 2.75) is 31.4 Å². The van der Waals surface area contributed by atoms with E-state index < -0.39 is 0 Å². The summed E-state index contributed by atoms with van der Waals surface area (Å²) in [7, 11) is 0. The zero-order valence-electron chi connectivity index (χ0n) is 10.8. The van der Waals surface area contributed by atoms with Crippen LogP contribution in [0.3, 0.4) is 0 Å². The van der Waals surface area contributed by atoms with E-state index in [2.05, 4.69) is 29.2 Å². The molecule has 1 aliphatic heterocycles. The first-order valence-electron chi connectivity index (χ1n) is 7.02. The number of nitrogens with zero attached hydrogens (tertiary/aromatic N) is 1. The average molecular weight is 246 g/mol. The lowest BCUT2D eigenvalue weighted by Gasteiger charge is -2.31. The van der Waals surface area contributed by atoms with Gasteiger partial charge in [-0.15, -0.1) is 0 Å². The number of nitrogens with two attached hydrogens (primary N) is 1. The molecule has 1 heterocycles. The third-order valence-electron chi connectivity index (χ3n) is 3.97. The molecule has 98 valence electrons. The summed E-state index contributed by atoms with van der Waals surface area (Å²) in [6.07, 6.45) is 3.94. The molecule has 0 radical (unpaired) electrons. The van der Waals surface area contributed by atoms with Gasteiger partial charge in [0.05, 0.1) is 12.7 Å². The first-order chi connectivity index (χ1) is 8.88. The van der Waals surface area contributed by atoms with Gasteiger partial charge in [-0.05, 0) is 30.4 Å². The van der Waals surface area contributed by atoms with Crippen molar-refractivity contribution in [3.05, 3.63) is 35.4 Å². The number of hydrogen-bond acceptors (Lipinski definition) is 3. The smallest absolute Gasteiger partial charge is 0.0954 e. The molecular formula is C15H22N2O. The van der Waals surface area contributed by atoms with Gasteiger partial charge in [-0.3, -0.25) is 4.90 Å². The normalized spacial score (nSPS) is 23.1. The van der Waals surface area contributed by atoms with Crippen LogP contribution in [-0.2, 0) is 11.2 Å². The van der Waals surface area contributed by atoms with Crippen LogP contribution in [0, 0.1) is 0 Å². The lowest BCUT2D eigenvalue weighted by Crippen LogP contribution is -2.37. The van der Waals surface area contributed by atoms with Gasteiger partial charge in [0.15, 0.2) is 0 Å². The summed E-state index contributed by atoms with van der Waals surface area (Å²) in [6, 6.07) is 9.44. The first-order valence-corrected chi connectivity index (χ1v) is 7.02. The fourth-order valence-corrected chi connectivity index (χ4v) is 2.87. The molecular weight excluding hydrogens is 224 g/mol. The Morgan fingerprint density at radius 3 is 2.89 bits per heavy atom. The molecule has 3 nitrogen and oxygen atoms in total. The molecule has 1 atom stereocenters. The second-order valence-electron chi connectivity index (χ2n) is 5.32. The van der Waals surface area contributed by atoms with Crippen molar-refractivity contribution >= 4 is 0 Å². The van der Waals surface area contributed by atoms with Crippen LogP contribution in [-0.4, -0.2) is 37.2 Å². The molecule has 1 unspecified atom stereocenters. The minimum atomic E-state index is 0.238. The monoisotopic (exact) mass is 246 g/mol. The van der Waals surface area contributed by atoms with Crippen LogP contribution in [0.2, 0.25) is 0 Å². The molecule has 18 heavy (non-hydrogen) atoms. The third kappa shape index (κ3) is 2.58. The van der Waals surface area contributed by atoms with Crippen LogP contribution in [0.5, 0.6) is 0 Å². The Hall–Kier alpha value is -0.900. The molecule has 0 amide bonds. The van der Waals surface area contributed by atoms with Crippen molar-refractivity contribution in [3.63, 3.8) is 0 Å². The fourth-order valence-electron chi connectivity index (χ4n) is 2.87. The van der Waals surface area contributed by atoms with Crippen molar-refractivity contribution in [1.29, 1.82) is 0 Å². The van der Waals surface area contributed by atoms with E-state index in [0.29, 0.717) is 0 Å². The molecule has 0 bridgehead atoms. The molecule has 0 saturated heterocycles. The van der Waals surface area contributed by atoms with Crippen LogP contribution in [0.1, 0.15) is 30.1 Å². The van der Waals surface area contributed by atoms with E-state index in [9.17, 15) is 0 Å². The maximum absolute atomic E-state index is 5.98. The molecule has 1 saturated carbocycles. The Morgan fingerprint density at radius 1 is 1.28 bits per heavy atom. The Labute approximate surface area is 109 Å². The SMILES string of the molecule is NCCN(CC1OCCc2ccccc21)C1CC1. The highest BCUT2D eigenvalue weighted by Crippen LogP contribution is 2.32. The number of rotatable bonds is 5. The quantitative estimate of drug-likeness (QED) is 0.860. The molecule has 0 spiro atoms. The predicted molar refractivity (Wildman–Crippen MR) is 72.5 cm³/mol. The van der Waals surface area contributed by atoms with Gasteiger partial charge in [-0.1, -0.05) is 24.3 Å². The molecule has 1 fully saturated rings. The Kier molecular flexibility index (Phi) is 3.64. The van der Waals surface area contributed by atoms with E-state index in [1.54, 1.807) is 0 Å². The van der Waals surface area contributed by atoms with Crippen molar-refractivity contribution in [3.8, 4) is 0 Å². The summed E-state index contributed by atoms with van der Waals surface area (Å²) < 4.78 is 5.98. The standard InChI is InChI=1S/C15H22N2O/c16-8-9-17(13-5-6-13)11-15-14-4-2-1-3-12(14)7-10-18-15/h1-4,13,15H,5-11,16H2. The molecule has 0 aromatic heterocycles.